The third-order valence-corrected chi connectivity index (χ3v) is 3.14. The summed E-state index contributed by atoms with van der Waals surface area (Å²) < 4.78 is 5.32. The van der Waals surface area contributed by atoms with Crippen LogP contribution in [0, 0.1) is 0 Å². The van der Waals surface area contributed by atoms with Gasteiger partial charge in [0.15, 0.2) is 0 Å². The Balaban J connectivity index is 0.00000128. The molecule has 16 heavy (non-hydrogen) atoms. The minimum atomic E-state index is -0.100. The maximum absolute atomic E-state index is 12.1. The second-order valence-electron chi connectivity index (χ2n) is 4.32. The molecule has 2 fully saturated rings. The number of carbonyl (C=O) groups excluding carboxylic acids is 1. The van der Waals surface area contributed by atoms with Crippen LogP contribution in [0.15, 0.2) is 0 Å². The number of nitrogens with zero attached hydrogens (tertiary/aromatic N) is 1. The Morgan fingerprint density at radius 2 is 1.88 bits per heavy atom. The first kappa shape index (κ1) is 13.7. The Kier molecular flexibility index (Phi) is 6.09. The van der Waals surface area contributed by atoms with Crippen molar-refractivity contribution >= 4 is 18.3 Å². The summed E-state index contributed by atoms with van der Waals surface area (Å²) in [7, 11) is 0. The van der Waals surface area contributed by atoms with Gasteiger partial charge in [0.25, 0.3) is 0 Å². The summed E-state index contributed by atoms with van der Waals surface area (Å²) in [5, 5.41) is 3.22. The smallest absolute Gasteiger partial charge is 0.242 e. The number of ether oxygens (including phenoxy) is 1. The third-order valence-electron chi connectivity index (χ3n) is 3.14. The van der Waals surface area contributed by atoms with E-state index in [1.165, 1.54) is 12.8 Å². The van der Waals surface area contributed by atoms with E-state index in [0.29, 0.717) is 6.61 Å². The Labute approximate surface area is 103 Å². The van der Waals surface area contributed by atoms with Crippen molar-refractivity contribution in [2.45, 2.75) is 31.7 Å². The molecule has 1 unspecified atom stereocenters. The van der Waals surface area contributed by atoms with E-state index in [4.69, 9.17) is 4.74 Å². The van der Waals surface area contributed by atoms with Crippen LogP contribution in [0.5, 0.6) is 0 Å². The molecule has 2 rings (SSSR count). The van der Waals surface area contributed by atoms with Gasteiger partial charge in [-0.1, -0.05) is 12.8 Å². The Morgan fingerprint density at radius 1 is 1.19 bits per heavy atom. The first-order valence-electron chi connectivity index (χ1n) is 5.98. The molecule has 0 aliphatic carbocycles. The van der Waals surface area contributed by atoms with Crippen molar-refractivity contribution in [3.8, 4) is 0 Å². The molecule has 2 aliphatic rings. The second kappa shape index (κ2) is 7.09. The average molecular weight is 249 g/mol. The van der Waals surface area contributed by atoms with E-state index >= 15 is 0 Å². The minimum Gasteiger partial charge on any atom is -0.378 e. The fraction of sp³-hybridized carbons (Fsp3) is 0.909. The highest BCUT2D eigenvalue weighted by molar-refractivity contribution is 5.85. The number of nitrogens with one attached hydrogen (secondary N) is 1. The second-order valence-corrected chi connectivity index (χ2v) is 4.32. The van der Waals surface area contributed by atoms with Gasteiger partial charge in [-0.05, 0) is 12.8 Å². The van der Waals surface area contributed by atoms with Gasteiger partial charge in [0, 0.05) is 19.6 Å². The number of halogens is 1. The van der Waals surface area contributed by atoms with Gasteiger partial charge in [-0.2, -0.15) is 0 Å². The van der Waals surface area contributed by atoms with Gasteiger partial charge in [-0.25, -0.2) is 0 Å². The average Bonchev–Trinajstić information content (AvgIpc) is 2.58. The molecule has 0 radical (unpaired) electrons. The van der Waals surface area contributed by atoms with E-state index in [2.05, 4.69) is 5.32 Å². The standard InChI is InChI=1S/C11H20N2O2.ClH/c14-11(10-9-15-8-5-12-10)13-6-3-1-2-4-7-13;/h10,12H,1-9H2;1H. The highest BCUT2D eigenvalue weighted by Gasteiger charge is 2.26. The molecule has 0 saturated carbocycles. The summed E-state index contributed by atoms with van der Waals surface area (Å²) in [5.41, 5.74) is 0. The first-order valence-corrected chi connectivity index (χ1v) is 5.98. The van der Waals surface area contributed by atoms with Crippen LogP contribution in [0.4, 0.5) is 0 Å². The van der Waals surface area contributed by atoms with Crippen molar-refractivity contribution in [3.05, 3.63) is 0 Å². The quantitative estimate of drug-likeness (QED) is 0.747. The Hall–Kier alpha value is -0.320. The van der Waals surface area contributed by atoms with Crippen LogP contribution >= 0.6 is 12.4 Å². The zero-order valence-corrected chi connectivity index (χ0v) is 10.4. The molecular formula is C11H21ClN2O2. The summed E-state index contributed by atoms with van der Waals surface area (Å²) in [6.07, 6.45) is 4.83. The van der Waals surface area contributed by atoms with Crippen LogP contribution in [0.1, 0.15) is 25.7 Å². The molecule has 94 valence electrons. The summed E-state index contributed by atoms with van der Waals surface area (Å²) in [6, 6.07) is -0.100. The fourth-order valence-corrected chi connectivity index (χ4v) is 2.24. The van der Waals surface area contributed by atoms with Crippen LogP contribution in [0.25, 0.3) is 0 Å². The van der Waals surface area contributed by atoms with E-state index in [-0.39, 0.29) is 24.4 Å². The van der Waals surface area contributed by atoms with Crippen LogP contribution in [-0.2, 0) is 9.53 Å². The molecule has 5 heteroatoms. The zero-order chi connectivity index (χ0) is 10.5. The summed E-state index contributed by atoms with van der Waals surface area (Å²) in [5.74, 6) is 0.233. The highest BCUT2D eigenvalue weighted by Crippen LogP contribution is 2.11. The molecule has 4 nitrogen and oxygen atoms in total. The number of carbonyl (C=O) groups is 1. The van der Waals surface area contributed by atoms with Gasteiger partial charge in [0.1, 0.15) is 6.04 Å². The van der Waals surface area contributed by atoms with E-state index in [1.54, 1.807) is 0 Å². The van der Waals surface area contributed by atoms with E-state index in [0.717, 1.165) is 39.1 Å². The molecule has 2 aliphatic heterocycles. The predicted molar refractivity (Wildman–Crippen MR) is 64.9 cm³/mol. The van der Waals surface area contributed by atoms with Crippen molar-refractivity contribution in [2.75, 3.05) is 32.8 Å². The number of hydrogen-bond acceptors (Lipinski definition) is 3. The van der Waals surface area contributed by atoms with Crippen LogP contribution in [-0.4, -0.2) is 49.7 Å². The van der Waals surface area contributed by atoms with Gasteiger partial charge in [-0.3, -0.25) is 4.79 Å². The molecule has 0 aromatic carbocycles. The molecule has 1 N–H and O–H groups in total. The molecule has 0 bridgehead atoms. The Morgan fingerprint density at radius 3 is 2.44 bits per heavy atom. The molecule has 2 heterocycles. The molecule has 0 spiro atoms. The van der Waals surface area contributed by atoms with E-state index in [1.807, 2.05) is 4.90 Å². The Bertz CT molecular complexity index is 212. The lowest BCUT2D eigenvalue weighted by molar-refractivity contribution is -0.136. The summed E-state index contributed by atoms with van der Waals surface area (Å²) >= 11 is 0. The van der Waals surface area contributed by atoms with E-state index < -0.39 is 0 Å². The van der Waals surface area contributed by atoms with Crippen LogP contribution in [0.3, 0.4) is 0 Å². The van der Waals surface area contributed by atoms with Crippen molar-refractivity contribution in [2.24, 2.45) is 0 Å². The normalized spacial score (nSPS) is 26.8. The summed E-state index contributed by atoms with van der Waals surface area (Å²) in [4.78, 5) is 14.1. The van der Waals surface area contributed by atoms with Crippen LogP contribution < -0.4 is 5.32 Å². The number of rotatable bonds is 1. The SMILES string of the molecule is Cl.O=C(C1COCCN1)N1CCCCCC1. The predicted octanol–water partition coefficient (Wildman–Crippen LogP) is 0.799. The number of morpholine rings is 1. The maximum Gasteiger partial charge on any atom is 0.242 e. The van der Waals surface area contributed by atoms with E-state index in [9.17, 15) is 4.79 Å². The zero-order valence-electron chi connectivity index (χ0n) is 9.61. The van der Waals surface area contributed by atoms with Gasteiger partial charge in [0.05, 0.1) is 13.2 Å². The summed E-state index contributed by atoms with van der Waals surface area (Å²) in [6.45, 7) is 3.91. The maximum atomic E-state index is 12.1. The molecule has 0 aromatic rings. The fourth-order valence-electron chi connectivity index (χ4n) is 2.24. The van der Waals surface area contributed by atoms with Crippen molar-refractivity contribution < 1.29 is 9.53 Å². The molecule has 2 saturated heterocycles. The van der Waals surface area contributed by atoms with Crippen LogP contribution in [0.2, 0.25) is 0 Å². The van der Waals surface area contributed by atoms with Gasteiger partial charge >= 0.3 is 0 Å². The monoisotopic (exact) mass is 248 g/mol. The lowest BCUT2D eigenvalue weighted by atomic mass is 10.2. The lowest BCUT2D eigenvalue weighted by Gasteiger charge is -2.29. The molecule has 1 amide bonds. The highest BCUT2D eigenvalue weighted by atomic mass is 35.5. The van der Waals surface area contributed by atoms with Gasteiger partial charge in [0.2, 0.25) is 5.91 Å². The molecule has 1 atom stereocenters. The van der Waals surface area contributed by atoms with Crippen molar-refractivity contribution in [1.82, 2.24) is 10.2 Å². The number of amides is 1. The molecular weight excluding hydrogens is 228 g/mol. The lowest BCUT2D eigenvalue weighted by Crippen LogP contribution is -2.52. The number of hydrogen-bond donors (Lipinski definition) is 1. The first-order chi connectivity index (χ1) is 7.38. The van der Waals surface area contributed by atoms with Crippen molar-refractivity contribution in [3.63, 3.8) is 0 Å². The minimum absolute atomic E-state index is 0. The van der Waals surface area contributed by atoms with Crippen molar-refractivity contribution in [1.29, 1.82) is 0 Å². The topological polar surface area (TPSA) is 41.6 Å². The van der Waals surface area contributed by atoms with Gasteiger partial charge in [-0.15, -0.1) is 12.4 Å². The van der Waals surface area contributed by atoms with Gasteiger partial charge < -0.3 is 15.0 Å². The number of likely N-dealkylation sites (tertiary alicyclic amines) is 1. The molecule has 0 aromatic heterocycles. The largest absolute Gasteiger partial charge is 0.378 e. The third kappa shape index (κ3) is 3.61.